The Bertz CT molecular complexity index is 1240. The van der Waals surface area contributed by atoms with Crippen molar-refractivity contribution in [3.05, 3.63) is 35.8 Å². The second-order valence-electron chi connectivity index (χ2n) is 13.6. The molecule has 10 atom stereocenters. The monoisotopic (exact) mass is 530 g/mol. The lowest BCUT2D eigenvalue weighted by Crippen LogP contribution is -2.86. The van der Waals surface area contributed by atoms with Crippen LogP contribution in [0.25, 0.3) is 0 Å². The van der Waals surface area contributed by atoms with E-state index >= 15 is 0 Å². The lowest BCUT2D eigenvalue weighted by Gasteiger charge is -2.72. The Balaban J connectivity index is 1.54. The van der Waals surface area contributed by atoms with Gasteiger partial charge in [0.1, 0.15) is 12.2 Å². The molecule has 5 fully saturated rings. The van der Waals surface area contributed by atoms with Gasteiger partial charge in [0, 0.05) is 48.0 Å². The third-order valence-corrected chi connectivity index (χ3v) is 10.8. The number of ether oxygens (including phenoxy) is 5. The van der Waals surface area contributed by atoms with E-state index in [0.717, 1.165) is 5.56 Å². The molecule has 6 aliphatic rings. The number of rotatable bonds is 3. The van der Waals surface area contributed by atoms with E-state index in [1.54, 1.807) is 19.5 Å². The predicted molar refractivity (Wildman–Crippen MR) is 131 cm³/mol. The van der Waals surface area contributed by atoms with Crippen molar-refractivity contribution in [2.24, 2.45) is 22.7 Å². The Morgan fingerprint density at radius 3 is 2.47 bits per heavy atom. The molecule has 1 spiro atoms. The minimum absolute atomic E-state index is 0.107. The minimum atomic E-state index is -2.08. The van der Waals surface area contributed by atoms with Crippen LogP contribution < -0.4 is 0 Å². The quantitative estimate of drug-likeness (QED) is 0.445. The standard InChI is InChI=1S/C29H38O9/c1-15(2)25-13-19-24(7,20(35-25)18-8-11-33-14-18)9-10-26(31)27(19)22(36-25)28(34-17(4)30)21(37-26)23(5,6)12-16(3)29(28,32)38-27/h8,11-12,14-15,19-22,31-32H,9-10,13H2,1-7H3/t19-,20+,21+,22+,24-,25-,26+,27-,28+,29-/m1/s1. The molecule has 0 unspecified atom stereocenters. The zero-order chi connectivity index (χ0) is 27.3. The molecule has 4 bridgehead atoms. The molecule has 4 aliphatic heterocycles. The molecule has 0 aromatic carbocycles. The molecule has 9 heteroatoms. The van der Waals surface area contributed by atoms with Crippen molar-refractivity contribution in [2.75, 3.05) is 0 Å². The molecule has 4 saturated heterocycles. The Morgan fingerprint density at radius 1 is 1.11 bits per heavy atom. The van der Waals surface area contributed by atoms with Gasteiger partial charge in [0.25, 0.3) is 0 Å². The first-order valence-corrected chi connectivity index (χ1v) is 13.7. The summed E-state index contributed by atoms with van der Waals surface area (Å²) in [5.41, 5.74) is -3.20. The van der Waals surface area contributed by atoms with E-state index in [-0.39, 0.29) is 18.3 Å². The molecule has 0 radical (unpaired) electrons. The summed E-state index contributed by atoms with van der Waals surface area (Å²) >= 11 is 0. The number of furan rings is 1. The Morgan fingerprint density at radius 2 is 1.84 bits per heavy atom. The summed E-state index contributed by atoms with van der Waals surface area (Å²) in [6.07, 6.45) is 4.00. The van der Waals surface area contributed by atoms with Crippen LogP contribution in [0.3, 0.4) is 0 Å². The maximum Gasteiger partial charge on any atom is 0.303 e. The molecule has 7 rings (SSSR count). The van der Waals surface area contributed by atoms with E-state index in [1.807, 2.05) is 39.8 Å². The fourth-order valence-corrected chi connectivity index (χ4v) is 9.17. The highest BCUT2D eigenvalue weighted by Crippen LogP contribution is 2.77. The second-order valence-corrected chi connectivity index (χ2v) is 13.6. The van der Waals surface area contributed by atoms with Gasteiger partial charge in [-0.05, 0) is 25.0 Å². The van der Waals surface area contributed by atoms with Crippen molar-refractivity contribution >= 4 is 5.97 Å². The van der Waals surface area contributed by atoms with Crippen molar-refractivity contribution in [2.45, 2.75) is 115 Å². The van der Waals surface area contributed by atoms with Crippen molar-refractivity contribution in [3.8, 4) is 0 Å². The van der Waals surface area contributed by atoms with Crippen molar-refractivity contribution < 1.29 is 43.1 Å². The average Bonchev–Trinajstić information content (AvgIpc) is 3.41. The fourth-order valence-electron chi connectivity index (χ4n) is 9.17. The van der Waals surface area contributed by atoms with E-state index in [0.29, 0.717) is 18.4 Å². The predicted octanol–water partition coefficient (Wildman–Crippen LogP) is 3.74. The topological polar surface area (TPSA) is 117 Å². The Labute approximate surface area is 222 Å². The number of esters is 1. The Kier molecular flexibility index (Phi) is 4.60. The van der Waals surface area contributed by atoms with Gasteiger partial charge in [0.15, 0.2) is 17.2 Å². The first kappa shape index (κ1) is 25.2. The Hall–Kier alpha value is -1.75. The highest BCUT2D eigenvalue weighted by atomic mass is 16.8. The summed E-state index contributed by atoms with van der Waals surface area (Å²) in [5, 5.41) is 25.1. The number of aliphatic hydroxyl groups is 2. The molecule has 5 heterocycles. The van der Waals surface area contributed by atoms with Crippen LogP contribution in [-0.4, -0.2) is 57.0 Å². The average molecular weight is 531 g/mol. The van der Waals surface area contributed by atoms with Crippen LogP contribution >= 0.6 is 0 Å². The third-order valence-electron chi connectivity index (χ3n) is 10.8. The van der Waals surface area contributed by atoms with Crippen molar-refractivity contribution in [1.82, 2.24) is 0 Å². The molecule has 0 amide bonds. The van der Waals surface area contributed by atoms with Gasteiger partial charge in [0.05, 0.1) is 18.6 Å². The van der Waals surface area contributed by atoms with Crippen LogP contribution in [0.15, 0.2) is 34.7 Å². The van der Waals surface area contributed by atoms with E-state index in [1.165, 1.54) is 6.92 Å². The first-order valence-electron chi connectivity index (χ1n) is 13.7. The second kappa shape index (κ2) is 6.93. The summed E-state index contributed by atoms with van der Waals surface area (Å²) < 4.78 is 39.2. The summed E-state index contributed by atoms with van der Waals surface area (Å²) in [6, 6.07) is 1.90. The smallest absolute Gasteiger partial charge is 0.303 e. The van der Waals surface area contributed by atoms with Gasteiger partial charge in [-0.3, -0.25) is 4.79 Å². The van der Waals surface area contributed by atoms with Crippen LogP contribution in [0.1, 0.15) is 79.4 Å². The molecule has 1 aromatic heterocycles. The summed E-state index contributed by atoms with van der Waals surface area (Å²) in [4.78, 5) is 12.8. The first-order chi connectivity index (χ1) is 17.6. The van der Waals surface area contributed by atoms with E-state index in [2.05, 4.69) is 6.92 Å². The molecule has 1 aromatic rings. The number of carbonyl (C=O) groups is 1. The maximum absolute atomic E-state index is 12.8. The molecule has 9 nitrogen and oxygen atoms in total. The molecular weight excluding hydrogens is 492 g/mol. The molecule has 208 valence electrons. The lowest BCUT2D eigenvalue weighted by atomic mass is 9.47. The van der Waals surface area contributed by atoms with Crippen LogP contribution in [-0.2, 0) is 28.5 Å². The summed E-state index contributed by atoms with van der Waals surface area (Å²) in [5.74, 6) is -6.04. The zero-order valence-electron chi connectivity index (χ0n) is 23.1. The van der Waals surface area contributed by atoms with Crippen LogP contribution in [0.2, 0.25) is 0 Å². The van der Waals surface area contributed by atoms with Crippen molar-refractivity contribution in [3.63, 3.8) is 0 Å². The van der Waals surface area contributed by atoms with E-state index in [9.17, 15) is 15.0 Å². The van der Waals surface area contributed by atoms with E-state index < -0.39 is 63.7 Å². The van der Waals surface area contributed by atoms with Gasteiger partial charge in [-0.1, -0.05) is 40.7 Å². The number of hydrogen-bond donors (Lipinski definition) is 2. The number of fused-ring (bicyclic) bond motifs is 1. The third kappa shape index (κ3) is 2.45. The van der Waals surface area contributed by atoms with Gasteiger partial charge in [-0.25, -0.2) is 0 Å². The van der Waals surface area contributed by atoms with Crippen LogP contribution in [0.4, 0.5) is 0 Å². The zero-order valence-corrected chi connectivity index (χ0v) is 23.1. The van der Waals surface area contributed by atoms with Gasteiger partial charge in [0.2, 0.25) is 11.4 Å². The van der Waals surface area contributed by atoms with Gasteiger partial charge < -0.3 is 38.3 Å². The molecule has 2 N–H and O–H groups in total. The van der Waals surface area contributed by atoms with E-state index in [4.69, 9.17) is 28.1 Å². The maximum atomic E-state index is 12.8. The molecule has 2 aliphatic carbocycles. The van der Waals surface area contributed by atoms with Crippen LogP contribution in [0.5, 0.6) is 0 Å². The fraction of sp³-hybridized carbons (Fsp3) is 0.759. The molecular formula is C29H38O9. The summed E-state index contributed by atoms with van der Waals surface area (Å²) in [7, 11) is 0. The SMILES string of the molecule is CC(=O)O[C@@]12[C@H]3O[C@@]4(O)CC[C@]5(C)[C@H]6C[C@@](C(C)C)(O[C@H]5c5ccoc5)O[C@H]1[C@]64O[C@]2(O)C(C)=CC3(C)C. The van der Waals surface area contributed by atoms with Crippen LogP contribution in [0, 0.1) is 22.7 Å². The number of hydrogen-bond acceptors (Lipinski definition) is 9. The minimum Gasteiger partial charge on any atom is -0.472 e. The highest BCUT2D eigenvalue weighted by molar-refractivity contribution is 5.68. The summed E-state index contributed by atoms with van der Waals surface area (Å²) in [6.45, 7) is 13.2. The molecule has 1 saturated carbocycles. The highest BCUT2D eigenvalue weighted by Gasteiger charge is 2.94. The van der Waals surface area contributed by atoms with Gasteiger partial charge >= 0.3 is 5.97 Å². The number of carbonyl (C=O) groups excluding carboxylic acids is 1. The van der Waals surface area contributed by atoms with Gasteiger partial charge in [-0.15, -0.1) is 0 Å². The van der Waals surface area contributed by atoms with Gasteiger partial charge in [-0.2, -0.15) is 0 Å². The largest absolute Gasteiger partial charge is 0.472 e. The normalized spacial score (nSPS) is 53.5. The lowest BCUT2D eigenvalue weighted by molar-refractivity contribution is -0.496. The molecule has 38 heavy (non-hydrogen) atoms. The van der Waals surface area contributed by atoms with Crippen molar-refractivity contribution in [1.29, 1.82) is 0 Å².